The summed E-state index contributed by atoms with van der Waals surface area (Å²) in [5, 5.41) is 12.3. The molecule has 2 saturated heterocycles. The lowest BCUT2D eigenvalue weighted by Crippen LogP contribution is -2.46. The number of aryl methyl sites for hydroxylation is 1. The van der Waals surface area contributed by atoms with Gasteiger partial charge in [-0.15, -0.1) is 0 Å². The van der Waals surface area contributed by atoms with Gasteiger partial charge < -0.3 is 20.1 Å². The van der Waals surface area contributed by atoms with Crippen LogP contribution >= 0.6 is 0 Å². The molecule has 1 saturated carbocycles. The Balaban J connectivity index is 1.30. The molecule has 8 nitrogen and oxygen atoms in total. The first-order chi connectivity index (χ1) is 12.5. The molecule has 3 atom stereocenters. The van der Waals surface area contributed by atoms with Crippen LogP contribution in [-0.4, -0.2) is 62.7 Å². The maximum Gasteiger partial charge on any atom is 0.249 e. The minimum absolute atomic E-state index is 0.0323. The standard InChI is InChI=1S/C18H24N4O4/c1-10-7-20-12(8-19-10)9-21-17(24)16-6-14-15(26-16)2-3-22(14)18(25)11-4-13(23)5-11/h7-8,11,13-16,23H,2-6,9H2,1H3,(H,21,24)/t11?,13?,14-,15-,16-/m1/s1. The number of carbonyl (C=O) groups excluding carboxylic acids is 2. The van der Waals surface area contributed by atoms with Gasteiger partial charge in [0.25, 0.3) is 0 Å². The third-order valence-corrected chi connectivity index (χ3v) is 5.59. The summed E-state index contributed by atoms with van der Waals surface area (Å²) >= 11 is 0. The van der Waals surface area contributed by atoms with Gasteiger partial charge >= 0.3 is 0 Å². The van der Waals surface area contributed by atoms with Crippen molar-refractivity contribution in [3.8, 4) is 0 Å². The lowest BCUT2D eigenvalue weighted by atomic mass is 9.81. The van der Waals surface area contributed by atoms with Crippen molar-refractivity contribution in [2.75, 3.05) is 6.54 Å². The van der Waals surface area contributed by atoms with Gasteiger partial charge in [-0.2, -0.15) is 0 Å². The zero-order chi connectivity index (χ0) is 18.3. The molecule has 2 N–H and O–H groups in total. The molecule has 0 radical (unpaired) electrons. The van der Waals surface area contributed by atoms with Crippen molar-refractivity contribution in [2.45, 2.75) is 63.5 Å². The molecule has 0 aromatic carbocycles. The minimum atomic E-state index is -0.536. The first-order valence-corrected chi connectivity index (χ1v) is 9.20. The summed E-state index contributed by atoms with van der Waals surface area (Å²) in [4.78, 5) is 35.2. The molecule has 4 rings (SSSR count). The largest absolute Gasteiger partial charge is 0.393 e. The van der Waals surface area contributed by atoms with Crippen LogP contribution in [0.1, 0.15) is 37.1 Å². The number of rotatable bonds is 4. The van der Waals surface area contributed by atoms with Crippen molar-refractivity contribution in [3.05, 3.63) is 23.8 Å². The summed E-state index contributed by atoms with van der Waals surface area (Å²) in [6, 6.07) is -0.0323. The molecule has 1 aromatic heterocycles. The highest BCUT2D eigenvalue weighted by atomic mass is 16.5. The molecule has 0 bridgehead atoms. The Bertz CT molecular complexity index is 689. The average molecular weight is 360 g/mol. The fourth-order valence-corrected chi connectivity index (χ4v) is 4.02. The first-order valence-electron chi connectivity index (χ1n) is 9.20. The van der Waals surface area contributed by atoms with Crippen LogP contribution < -0.4 is 5.32 Å². The lowest BCUT2D eigenvalue weighted by molar-refractivity contribution is -0.143. The maximum absolute atomic E-state index is 12.6. The molecule has 1 aliphatic carbocycles. The van der Waals surface area contributed by atoms with Crippen molar-refractivity contribution in [1.29, 1.82) is 0 Å². The van der Waals surface area contributed by atoms with Gasteiger partial charge in [-0.05, 0) is 26.2 Å². The maximum atomic E-state index is 12.6. The number of carbonyl (C=O) groups is 2. The molecule has 3 heterocycles. The molecular weight excluding hydrogens is 336 g/mol. The van der Waals surface area contributed by atoms with Gasteiger partial charge in [-0.1, -0.05) is 0 Å². The van der Waals surface area contributed by atoms with E-state index in [9.17, 15) is 14.7 Å². The highest BCUT2D eigenvalue weighted by Gasteiger charge is 2.49. The van der Waals surface area contributed by atoms with Crippen LogP contribution in [0.5, 0.6) is 0 Å². The summed E-state index contributed by atoms with van der Waals surface area (Å²) in [6.07, 6.45) is 4.75. The third-order valence-electron chi connectivity index (χ3n) is 5.59. The Kier molecular flexibility index (Phi) is 4.62. The second kappa shape index (κ2) is 6.92. The van der Waals surface area contributed by atoms with Crippen LogP contribution in [0.2, 0.25) is 0 Å². The van der Waals surface area contributed by atoms with Crippen molar-refractivity contribution >= 4 is 11.8 Å². The number of hydrogen-bond acceptors (Lipinski definition) is 6. The van der Waals surface area contributed by atoms with Crippen LogP contribution in [0, 0.1) is 12.8 Å². The van der Waals surface area contributed by atoms with E-state index in [1.807, 2.05) is 11.8 Å². The van der Waals surface area contributed by atoms with Crippen molar-refractivity contribution < 1.29 is 19.4 Å². The molecule has 8 heteroatoms. The number of hydrogen-bond donors (Lipinski definition) is 2. The number of nitrogens with zero attached hydrogens (tertiary/aromatic N) is 3. The smallest absolute Gasteiger partial charge is 0.249 e. The SMILES string of the molecule is Cc1cnc(CNC(=O)[C@H]2C[C@@H]3[C@@H](CCN3C(=O)C3CC(O)C3)O2)cn1. The molecule has 0 unspecified atom stereocenters. The first kappa shape index (κ1) is 17.4. The number of fused-ring (bicyclic) bond motifs is 1. The normalized spacial score (nSPS) is 32.8. The second-order valence-electron chi connectivity index (χ2n) is 7.48. The molecule has 1 aromatic rings. The minimum Gasteiger partial charge on any atom is -0.393 e. The summed E-state index contributed by atoms with van der Waals surface area (Å²) in [5.74, 6) is -0.146. The summed E-state index contributed by atoms with van der Waals surface area (Å²) in [6.45, 7) is 2.84. The van der Waals surface area contributed by atoms with Crippen molar-refractivity contribution in [3.63, 3.8) is 0 Å². The Morgan fingerprint density at radius 3 is 2.81 bits per heavy atom. The van der Waals surface area contributed by atoms with Crippen molar-refractivity contribution in [1.82, 2.24) is 20.2 Å². The van der Waals surface area contributed by atoms with Gasteiger partial charge in [0.05, 0.1) is 42.4 Å². The van der Waals surface area contributed by atoms with Crippen LogP contribution in [0.3, 0.4) is 0 Å². The number of likely N-dealkylation sites (tertiary alicyclic amines) is 1. The number of aliphatic hydroxyl groups is 1. The zero-order valence-electron chi connectivity index (χ0n) is 14.8. The van der Waals surface area contributed by atoms with Crippen LogP contribution in [-0.2, 0) is 20.9 Å². The summed E-state index contributed by atoms with van der Waals surface area (Å²) in [5.41, 5.74) is 1.53. The zero-order valence-corrected chi connectivity index (χ0v) is 14.8. The van der Waals surface area contributed by atoms with E-state index in [1.54, 1.807) is 12.4 Å². The second-order valence-corrected chi connectivity index (χ2v) is 7.48. The molecule has 26 heavy (non-hydrogen) atoms. The van der Waals surface area contributed by atoms with Crippen LogP contribution in [0.25, 0.3) is 0 Å². The Morgan fingerprint density at radius 1 is 1.31 bits per heavy atom. The number of aliphatic hydroxyl groups excluding tert-OH is 1. The molecular formula is C18H24N4O4. The monoisotopic (exact) mass is 360 g/mol. The fourth-order valence-electron chi connectivity index (χ4n) is 4.02. The molecule has 3 aliphatic rings. The van der Waals surface area contributed by atoms with E-state index in [1.165, 1.54) is 0 Å². The van der Waals surface area contributed by atoms with E-state index >= 15 is 0 Å². The van der Waals surface area contributed by atoms with E-state index in [-0.39, 0.29) is 36.0 Å². The molecule has 2 amide bonds. The predicted molar refractivity (Wildman–Crippen MR) is 90.7 cm³/mol. The molecule has 0 spiro atoms. The van der Waals surface area contributed by atoms with E-state index in [0.717, 1.165) is 12.1 Å². The van der Waals surface area contributed by atoms with E-state index in [0.29, 0.717) is 38.0 Å². The van der Waals surface area contributed by atoms with E-state index < -0.39 is 6.10 Å². The molecule has 2 aliphatic heterocycles. The van der Waals surface area contributed by atoms with Gasteiger partial charge in [0.1, 0.15) is 6.10 Å². The number of aromatic nitrogens is 2. The van der Waals surface area contributed by atoms with E-state index in [2.05, 4.69) is 15.3 Å². The van der Waals surface area contributed by atoms with Gasteiger partial charge in [0.15, 0.2) is 0 Å². The number of ether oxygens (including phenoxy) is 1. The average Bonchev–Trinajstić information content (AvgIpc) is 3.18. The fraction of sp³-hybridized carbons (Fsp3) is 0.667. The van der Waals surface area contributed by atoms with E-state index in [4.69, 9.17) is 4.74 Å². The lowest BCUT2D eigenvalue weighted by Gasteiger charge is -2.35. The van der Waals surface area contributed by atoms with Gasteiger partial charge in [0, 0.05) is 25.1 Å². The Hall–Kier alpha value is -2.06. The summed E-state index contributed by atoms with van der Waals surface area (Å²) in [7, 11) is 0. The number of amides is 2. The Morgan fingerprint density at radius 2 is 2.12 bits per heavy atom. The third kappa shape index (κ3) is 3.31. The van der Waals surface area contributed by atoms with Crippen LogP contribution in [0.15, 0.2) is 12.4 Å². The van der Waals surface area contributed by atoms with Crippen LogP contribution in [0.4, 0.5) is 0 Å². The van der Waals surface area contributed by atoms with Gasteiger partial charge in [-0.25, -0.2) is 0 Å². The number of nitrogens with one attached hydrogen (secondary N) is 1. The predicted octanol–water partition coefficient (Wildman–Crippen LogP) is -0.0695. The Labute approximate surface area is 152 Å². The van der Waals surface area contributed by atoms with Gasteiger partial charge in [0.2, 0.25) is 11.8 Å². The molecule has 140 valence electrons. The highest BCUT2D eigenvalue weighted by molar-refractivity contribution is 5.83. The highest BCUT2D eigenvalue weighted by Crippen LogP contribution is 2.37. The summed E-state index contributed by atoms with van der Waals surface area (Å²) < 4.78 is 5.90. The molecule has 3 fully saturated rings. The quantitative estimate of drug-likeness (QED) is 0.779. The topological polar surface area (TPSA) is 105 Å². The van der Waals surface area contributed by atoms with Gasteiger partial charge in [-0.3, -0.25) is 19.6 Å². The van der Waals surface area contributed by atoms with Crippen molar-refractivity contribution in [2.24, 2.45) is 5.92 Å².